The second kappa shape index (κ2) is 6.46. The Hall–Kier alpha value is -0.260. The molecule has 2 unspecified atom stereocenters. The molecule has 2 rings (SSSR count). The maximum Gasteiger partial charge on any atom is 0.252 e. The predicted octanol–water partition coefficient (Wildman–Crippen LogP) is 0.948. The number of aliphatic hydroxyl groups is 1. The summed E-state index contributed by atoms with van der Waals surface area (Å²) in [6.07, 6.45) is 1.74. The Bertz CT molecular complexity index is 317. The zero-order chi connectivity index (χ0) is 13.9. The van der Waals surface area contributed by atoms with Gasteiger partial charge in [0.25, 0.3) is 5.91 Å². The average molecular weight is 286 g/mol. The molecule has 0 bridgehead atoms. The summed E-state index contributed by atoms with van der Waals surface area (Å²) in [4.78, 5) is 14.5. The summed E-state index contributed by atoms with van der Waals surface area (Å²) < 4.78 is 0. The molecule has 0 aromatic heterocycles. The standard InChI is InChI=1S/C14H26N2O2S/c1-11(2)8-16-5-3-12(9-16)7-15-13(17)14(18)4-6-19-10-14/h11-12,18H,3-10H2,1-2H3,(H,15,17). The lowest BCUT2D eigenvalue weighted by Crippen LogP contribution is -2.48. The van der Waals surface area contributed by atoms with Crippen molar-refractivity contribution in [3.63, 3.8) is 0 Å². The minimum absolute atomic E-state index is 0.167. The second-order valence-electron chi connectivity index (χ2n) is 6.35. The number of amides is 1. The van der Waals surface area contributed by atoms with Crippen LogP contribution in [0.25, 0.3) is 0 Å². The summed E-state index contributed by atoms with van der Waals surface area (Å²) in [6.45, 7) is 8.54. The molecule has 4 nitrogen and oxygen atoms in total. The molecule has 110 valence electrons. The van der Waals surface area contributed by atoms with Crippen molar-refractivity contribution >= 4 is 17.7 Å². The lowest BCUT2D eigenvalue weighted by molar-refractivity contribution is -0.137. The molecule has 1 amide bonds. The Kier molecular flexibility index (Phi) is 5.15. The van der Waals surface area contributed by atoms with E-state index in [9.17, 15) is 9.90 Å². The van der Waals surface area contributed by atoms with Crippen LogP contribution in [-0.2, 0) is 4.79 Å². The molecule has 0 aliphatic carbocycles. The first kappa shape index (κ1) is 15.1. The lowest BCUT2D eigenvalue weighted by atomic mass is 10.0. The Morgan fingerprint density at radius 2 is 2.37 bits per heavy atom. The number of hydrogen-bond donors (Lipinski definition) is 2. The molecule has 2 heterocycles. The van der Waals surface area contributed by atoms with Gasteiger partial charge in [-0.15, -0.1) is 0 Å². The van der Waals surface area contributed by atoms with Gasteiger partial charge in [-0.3, -0.25) is 4.79 Å². The molecule has 0 aromatic rings. The van der Waals surface area contributed by atoms with Gasteiger partial charge in [-0.2, -0.15) is 11.8 Å². The van der Waals surface area contributed by atoms with Gasteiger partial charge in [0, 0.05) is 25.4 Å². The molecule has 0 spiro atoms. The summed E-state index contributed by atoms with van der Waals surface area (Å²) in [5.74, 6) is 2.50. The summed E-state index contributed by atoms with van der Waals surface area (Å²) >= 11 is 1.66. The van der Waals surface area contributed by atoms with Gasteiger partial charge in [0.2, 0.25) is 0 Å². The normalized spacial score (nSPS) is 32.1. The van der Waals surface area contributed by atoms with E-state index in [0.717, 1.165) is 31.8 Å². The molecule has 0 saturated carbocycles. The van der Waals surface area contributed by atoms with E-state index in [-0.39, 0.29) is 5.91 Å². The van der Waals surface area contributed by atoms with Crippen LogP contribution in [-0.4, -0.2) is 59.2 Å². The SMILES string of the molecule is CC(C)CN1CCC(CNC(=O)C2(O)CCSC2)C1. The van der Waals surface area contributed by atoms with E-state index in [1.807, 2.05) is 0 Å². The molecular weight excluding hydrogens is 260 g/mol. The van der Waals surface area contributed by atoms with Crippen LogP contribution < -0.4 is 5.32 Å². The minimum atomic E-state index is -1.11. The van der Waals surface area contributed by atoms with Crippen molar-refractivity contribution in [2.75, 3.05) is 37.7 Å². The summed E-state index contributed by atoms with van der Waals surface area (Å²) in [6, 6.07) is 0. The van der Waals surface area contributed by atoms with Crippen LogP contribution >= 0.6 is 11.8 Å². The van der Waals surface area contributed by atoms with E-state index < -0.39 is 5.60 Å². The number of nitrogens with one attached hydrogen (secondary N) is 1. The predicted molar refractivity (Wildman–Crippen MR) is 79.3 cm³/mol. The molecule has 2 saturated heterocycles. The van der Waals surface area contributed by atoms with Gasteiger partial charge in [-0.25, -0.2) is 0 Å². The van der Waals surface area contributed by atoms with Crippen LogP contribution in [0.15, 0.2) is 0 Å². The van der Waals surface area contributed by atoms with Crippen molar-refractivity contribution in [1.29, 1.82) is 0 Å². The Morgan fingerprint density at radius 3 is 3.00 bits per heavy atom. The van der Waals surface area contributed by atoms with Crippen molar-refractivity contribution < 1.29 is 9.90 Å². The van der Waals surface area contributed by atoms with Gasteiger partial charge in [-0.1, -0.05) is 13.8 Å². The van der Waals surface area contributed by atoms with E-state index >= 15 is 0 Å². The molecule has 2 aliphatic rings. The van der Waals surface area contributed by atoms with E-state index in [1.165, 1.54) is 0 Å². The van der Waals surface area contributed by atoms with E-state index in [1.54, 1.807) is 11.8 Å². The van der Waals surface area contributed by atoms with Gasteiger partial charge in [-0.05, 0) is 37.0 Å². The molecule has 2 aliphatic heterocycles. The first-order chi connectivity index (χ1) is 8.99. The van der Waals surface area contributed by atoms with Gasteiger partial charge >= 0.3 is 0 Å². The smallest absolute Gasteiger partial charge is 0.252 e. The third-order valence-corrected chi connectivity index (χ3v) is 5.14. The summed E-state index contributed by atoms with van der Waals surface area (Å²) in [5, 5.41) is 13.1. The summed E-state index contributed by atoms with van der Waals surface area (Å²) in [5.41, 5.74) is -1.11. The van der Waals surface area contributed by atoms with Gasteiger partial charge in [0.05, 0.1) is 0 Å². The number of likely N-dealkylation sites (tertiary alicyclic amines) is 1. The maximum absolute atomic E-state index is 12.0. The quantitative estimate of drug-likeness (QED) is 0.790. The Balaban J connectivity index is 1.70. The van der Waals surface area contributed by atoms with Crippen LogP contribution in [0.3, 0.4) is 0 Å². The molecule has 0 aromatic carbocycles. The van der Waals surface area contributed by atoms with Crippen molar-refractivity contribution in [1.82, 2.24) is 10.2 Å². The minimum Gasteiger partial charge on any atom is -0.379 e. The third-order valence-electron chi connectivity index (χ3n) is 3.97. The molecule has 0 radical (unpaired) electrons. The maximum atomic E-state index is 12.0. The van der Waals surface area contributed by atoms with Crippen LogP contribution in [0, 0.1) is 11.8 Å². The molecule has 2 N–H and O–H groups in total. The zero-order valence-electron chi connectivity index (χ0n) is 12.0. The van der Waals surface area contributed by atoms with Crippen molar-refractivity contribution in [3.05, 3.63) is 0 Å². The average Bonchev–Trinajstić information content (AvgIpc) is 2.95. The molecule has 5 heteroatoms. The highest BCUT2D eigenvalue weighted by molar-refractivity contribution is 7.99. The fraction of sp³-hybridized carbons (Fsp3) is 0.929. The van der Waals surface area contributed by atoms with Crippen LogP contribution in [0.4, 0.5) is 0 Å². The first-order valence-electron chi connectivity index (χ1n) is 7.30. The lowest BCUT2D eigenvalue weighted by Gasteiger charge is -2.22. The number of carbonyl (C=O) groups is 1. The van der Waals surface area contributed by atoms with Crippen molar-refractivity contribution in [2.45, 2.75) is 32.3 Å². The molecule has 2 atom stereocenters. The van der Waals surface area contributed by atoms with Gasteiger partial charge in [0.15, 0.2) is 5.60 Å². The Morgan fingerprint density at radius 1 is 1.58 bits per heavy atom. The zero-order valence-corrected chi connectivity index (χ0v) is 12.8. The fourth-order valence-electron chi connectivity index (χ4n) is 2.90. The van der Waals surface area contributed by atoms with Crippen molar-refractivity contribution in [2.24, 2.45) is 11.8 Å². The van der Waals surface area contributed by atoms with Gasteiger partial charge < -0.3 is 15.3 Å². The molecular formula is C14H26N2O2S. The highest BCUT2D eigenvalue weighted by Gasteiger charge is 2.39. The number of nitrogens with zero attached hydrogens (tertiary/aromatic N) is 1. The number of carbonyl (C=O) groups excluding carboxylic acids is 1. The fourth-order valence-corrected chi connectivity index (χ4v) is 4.14. The first-order valence-corrected chi connectivity index (χ1v) is 8.46. The third kappa shape index (κ3) is 4.10. The number of rotatable bonds is 5. The van der Waals surface area contributed by atoms with Crippen LogP contribution in [0.5, 0.6) is 0 Å². The second-order valence-corrected chi connectivity index (χ2v) is 7.46. The van der Waals surface area contributed by atoms with E-state index in [2.05, 4.69) is 24.1 Å². The van der Waals surface area contributed by atoms with E-state index in [0.29, 0.717) is 30.6 Å². The highest BCUT2D eigenvalue weighted by atomic mass is 32.2. The topological polar surface area (TPSA) is 52.6 Å². The molecule has 19 heavy (non-hydrogen) atoms. The summed E-state index contributed by atoms with van der Waals surface area (Å²) in [7, 11) is 0. The van der Waals surface area contributed by atoms with E-state index in [4.69, 9.17) is 0 Å². The van der Waals surface area contributed by atoms with Crippen molar-refractivity contribution in [3.8, 4) is 0 Å². The largest absolute Gasteiger partial charge is 0.379 e. The van der Waals surface area contributed by atoms with Gasteiger partial charge in [0.1, 0.15) is 0 Å². The monoisotopic (exact) mass is 286 g/mol. The van der Waals surface area contributed by atoms with Crippen LogP contribution in [0.1, 0.15) is 26.7 Å². The number of hydrogen-bond acceptors (Lipinski definition) is 4. The van der Waals surface area contributed by atoms with Crippen LogP contribution in [0.2, 0.25) is 0 Å². The molecule has 2 fully saturated rings. The highest BCUT2D eigenvalue weighted by Crippen LogP contribution is 2.28. The Labute approximate surface area is 120 Å². The number of thioether (sulfide) groups is 1.